The maximum absolute atomic E-state index is 12.4. The molecule has 1 aromatic carbocycles. The zero-order chi connectivity index (χ0) is 17.1. The Morgan fingerprint density at radius 1 is 1.08 bits per heavy atom. The van der Waals surface area contributed by atoms with Crippen LogP contribution in [-0.4, -0.2) is 31.6 Å². The molecule has 2 heterocycles. The Balaban J connectivity index is 1.82. The molecule has 0 atom stereocenters. The number of carbonyl (C=O) groups excluding carboxylic acids is 1. The van der Waals surface area contributed by atoms with Crippen LogP contribution in [0.1, 0.15) is 39.9 Å². The molecule has 7 nitrogen and oxygen atoms in total. The molecular formula is C17H16N4O3. The van der Waals surface area contributed by atoms with Crippen LogP contribution in [0.25, 0.3) is 5.65 Å². The van der Waals surface area contributed by atoms with Gasteiger partial charge in [-0.3, -0.25) is 9.20 Å². The lowest BCUT2D eigenvalue weighted by molar-refractivity contribution is 0.0696. The monoisotopic (exact) mass is 324 g/mol. The highest BCUT2D eigenvalue weighted by molar-refractivity contribution is 6.04. The van der Waals surface area contributed by atoms with E-state index < -0.39 is 5.97 Å². The Labute approximate surface area is 138 Å². The largest absolute Gasteiger partial charge is 0.478 e. The standard InChI is InChI=1S/C17H16N4O3/c1-2-3-14-19-20-15-9-6-12(10-21(14)15)16(22)18-13-7-4-11(5-8-13)17(23)24/h4-10H,2-3H2,1H3,(H,18,22)(H,23,24). The van der Waals surface area contributed by atoms with Crippen molar-refractivity contribution in [3.05, 3.63) is 59.5 Å². The highest BCUT2D eigenvalue weighted by Gasteiger charge is 2.11. The van der Waals surface area contributed by atoms with Crippen LogP contribution in [0.2, 0.25) is 0 Å². The van der Waals surface area contributed by atoms with Gasteiger partial charge in [0.2, 0.25) is 0 Å². The third kappa shape index (κ3) is 3.10. The van der Waals surface area contributed by atoms with E-state index in [0.29, 0.717) is 16.9 Å². The Kier molecular flexibility index (Phi) is 4.24. The highest BCUT2D eigenvalue weighted by Crippen LogP contribution is 2.13. The third-order valence-corrected chi connectivity index (χ3v) is 3.60. The van der Waals surface area contributed by atoms with Gasteiger partial charge in [-0.2, -0.15) is 0 Å². The van der Waals surface area contributed by atoms with Gasteiger partial charge in [0.05, 0.1) is 11.1 Å². The molecule has 2 N–H and O–H groups in total. The first-order valence-electron chi connectivity index (χ1n) is 7.57. The predicted octanol–water partition coefficient (Wildman–Crippen LogP) is 2.63. The minimum atomic E-state index is -1.01. The number of carboxylic acids is 1. The van der Waals surface area contributed by atoms with E-state index in [4.69, 9.17) is 5.11 Å². The van der Waals surface area contributed by atoms with E-state index in [1.54, 1.807) is 30.5 Å². The average Bonchev–Trinajstić information content (AvgIpc) is 2.98. The molecule has 0 aliphatic rings. The highest BCUT2D eigenvalue weighted by atomic mass is 16.4. The van der Waals surface area contributed by atoms with Crippen molar-refractivity contribution in [2.75, 3.05) is 5.32 Å². The van der Waals surface area contributed by atoms with E-state index in [0.717, 1.165) is 18.7 Å². The first-order chi connectivity index (χ1) is 11.6. The van der Waals surface area contributed by atoms with Crippen LogP contribution in [0.5, 0.6) is 0 Å². The maximum Gasteiger partial charge on any atom is 0.335 e. The van der Waals surface area contributed by atoms with Crippen molar-refractivity contribution in [2.24, 2.45) is 0 Å². The minimum absolute atomic E-state index is 0.170. The van der Waals surface area contributed by atoms with Crippen molar-refractivity contribution in [2.45, 2.75) is 19.8 Å². The van der Waals surface area contributed by atoms with Gasteiger partial charge in [0.25, 0.3) is 5.91 Å². The summed E-state index contributed by atoms with van der Waals surface area (Å²) in [5.41, 5.74) is 1.87. The Hall–Kier alpha value is -3.22. The topological polar surface area (TPSA) is 96.6 Å². The SMILES string of the molecule is CCCc1nnc2ccc(C(=O)Nc3ccc(C(=O)O)cc3)cn12. The van der Waals surface area contributed by atoms with Crippen LogP contribution >= 0.6 is 0 Å². The summed E-state index contributed by atoms with van der Waals surface area (Å²) in [5, 5.41) is 19.8. The van der Waals surface area contributed by atoms with Gasteiger partial charge in [-0.05, 0) is 42.8 Å². The van der Waals surface area contributed by atoms with Gasteiger partial charge in [-0.1, -0.05) is 6.92 Å². The summed E-state index contributed by atoms with van der Waals surface area (Å²) < 4.78 is 1.81. The summed E-state index contributed by atoms with van der Waals surface area (Å²) >= 11 is 0. The van der Waals surface area contributed by atoms with Crippen LogP contribution in [-0.2, 0) is 6.42 Å². The number of aromatic carboxylic acids is 1. The van der Waals surface area contributed by atoms with E-state index >= 15 is 0 Å². The van der Waals surface area contributed by atoms with Crippen LogP contribution in [0, 0.1) is 0 Å². The van der Waals surface area contributed by atoms with Crippen LogP contribution in [0.4, 0.5) is 5.69 Å². The number of pyridine rings is 1. The van der Waals surface area contributed by atoms with Gasteiger partial charge in [0, 0.05) is 18.3 Å². The maximum atomic E-state index is 12.4. The number of carboxylic acid groups (broad SMARTS) is 1. The Morgan fingerprint density at radius 2 is 1.79 bits per heavy atom. The molecule has 0 bridgehead atoms. The summed E-state index contributed by atoms with van der Waals surface area (Å²) in [7, 11) is 0. The summed E-state index contributed by atoms with van der Waals surface area (Å²) in [6.07, 6.45) is 3.43. The first-order valence-corrected chi connectivity index (χ1v) is 7.57. The number of carbonyl (C=O) groups is 2. The first kappa shape index (κ1) is 15.7. The number of hydrogen-bond acceptors (Lipinski definition) is 4. The van der Waals surface area contributed by atoms with Crippen molar-refractivity contribution < 1.29 is 14.7 Å². The molecule has 0 radical (unpaired) electrons. The van der Waals surface area contributed by atoms with Gasteiger partial charge < -0.3 is 10.4 Å². The van der Waals surface area contributed by atoms with E-state index in [-0.39, 0.29) is 11.5 Å². The number of benzene rings is 1. The van der Waals surface area contributed by atoms with E-state index in [1.165, 1.54) is 12.1 Å². The molecule has 24 heavy (non-hydrogen) atoms. The lowest BCUT2D eigenvalue weighted by Gasteiger charge is -2.06. The average molecular weight is 324 g/mol. The Morgan fingerprint density at radius 3 is 2.46 bits per heavy atom. The van der Waals surface area contributed by atoms with Crippen molar-refractivity contribution in [1.82, 2.24) is 14.6 Å². The molecule has 0 unspecified atom stereocenters. The summed E-state index contributed by atoms with van der Waals surface area (Å²) in [4.78, 5) is 23.2. The lowest BCUT2D eigenvalue weighted by Crippen LogP contribution is -2.13. The molecular weight excluding hydrogens is 308 g/mol. The molecule has 0 spiro atoms. The van der Waals surface area contributed by atoms with E-state index in [9.17, 15) is 9.59 Å². The molecule has 0 saturated heterocycles. The zero-order valence-corrected chi connectivity index (χ0v) is 13.1. The summed E-state index contributed by atoms with van der Waals surface area (Å²) in [6.45, 7) is 2.05. The number of fused-ring (bicyclic) bond motifs is 1. The number of anilines is 1. The fourth-order valence-electron chi connectivity index (χ4n) is 2.37. The van der Waals surface area contributed by atoms with Crippen molar-refractivity contribution in [1.29, 1.82) is 0 Å². The summed E-state index contributed by atoms with van der Waals surface area (Å²) in [6, 6.07) is 9.43. The molecule has 7 heteroatoms. The molecule has 2 aromatic heterocycles. The van der Waals surface area contributed by atoms with Gasteiger partial charge >= 0.3 is 5.97 Å². The van der Waals surface area contributed by atoms with Gasteiger partial charge in [-0.25, -0.2) is 4.79 Å². The quantitative estimate of drug-likeness (QED) is 0.752. The second-order valence-corrected chi connectivity index (χ2v) is 5.35. The molecule has 0 aliphatic heterocycles. The molecule has 0 fully saturated rings. The second-order valence-electron chi connectivity index (χ2n) is 5.35. The zero-order valence-electron chi connectivity index (χ0n) is 13.1. The molecule has 0 saturated carbocycles. The number of nitrogens with zero attached hydrogens (tertiary/aromatic N) is 3. The van der Waals surface area contributed by atoms with Gasteiger partial charge in [-0.15, -0.1) is 10.2 Å². The van der Waals surface area contributed by atoms with Crippen molar-refractivity contribution in [3.63, 3.8) is 0 Å². The number of nitrogens with one attached hydrogen (secondary N) is 1. The smallest absolute Gasteiger partial charge is 0.335 e. The molecule has 3 rings (SSSR count). The number of amides is 1. The van der Waals surface area contributed by atoms with Crippen molar-refractivity contribution >= 4 is 23.2 Å². The molecule has 3 aromatic rings. The van der Waals surface area contributed by atoms with Crippen molar-refractivity contribution in [3.8, 4) is 0 Å². The number of rotatable bonds is 5. The number of hydrogen-bond donors (Lipinski definition) is 2. The fraction of sp³-hybridized carbons (Fsp3) is 0.176. The second kappa shape index (κ2) is 6.49. The third-order valence-electron chi connectivity index (χ3n) is 3.60. The van der Waals surface area contributed by atoms with Crippen LogP contribution in [0.3, 0.4) is 0 Å². The molecule has 122 valence electrons. The fourth-order valence-corrected chi connectivity index (χ4v) is 2.37. The van der Waals surface area contributed by atoms with Gasteiger partial charge in [0.1, 0.15) is 5.82 Å². The van der Waals surface area contributed by atoms with Gasteiger partial charge in [0.15, 0.2) is 5.65 Å². The van der Waals surface area contributed by atoms with E-state index in [2.05, 4.69) is 22.4 Å². The lowest BCUT2D eigenvalue weighted by atomic mass is 10.2. The Bertz CT molecular complexity index is 900. The van der Waals surface area contributed by atoms with Crippen LogP contribution < -0.4 is 5.32 Å². The number of aryl methyl sites for hydroxylation is 1. The number of aromatic nitrogens is 3. The van der Waals surface area contributed by atoms with Crippen LogP contribution in [0.15, 0.2) is 42.6 Å². The van der Waals surface area contributed by atoms with E-state index in [1.807, 2.05) is 4.40 Å². The summed E-state index contributed by atoms with van der Waals surface area (Å²) in [5.74, 6) is -0.474. The predicted molar refractivity (Wildman–Crippen MR) is 88.3 cm³/mol. The normalized spacial score (nSPS) is 10.7. The molecule has 1 amide bonds. The molecule has 0 aliphatic carbocycles. The minimum Gasteiger partial charge on any atom is -0.478 e.